The number of amides is 1. The summed E-state index contributed by atoms with van der Waals surface area (Å²) in [5.41, 5.74) is 0. The monoisotopic (exact) mass is 203 g/mol. The van der Waals surface area contributed by atoms with Crippen molar-refractivity contribution in [3.8, 4) is 0 Å². The summed E-state index contributed by atoms with van der Waals surface area (Å²) in [6, 6.07) is 0. The third-order valence-corrected chi connectivity index (χ3v) is 1.57. The number of carbonyl (C=O) groups excluding carboxylic acids is 2. The van der Waals surface area contributed by atoms with E-state index >= 15 is 0 Å². The molecule has 14 heavy (non-hydrogen) atoms. The van der Waals surface area contributed by atoms with Crippen molar-refractivity contribution in [1.82, 2.24) is 4.90 Å². The molecule has 0 saturated heterocycles. The highest BCUT2D eigenvalue weighted by atomic mass is 16.5. The smallest absolute Gasteiger partial charge is 0.325 e. The van der Waals surface area contributed by atoms with Crippen LogP contribution in [-0.4, -0.2) is 48.2 Å². The number of carbonyl (C=O) groups is 2. The highest BCUT2D eigenvalue weighted by Gasteiger charge is 2.14. The van der Waals surface area contributed by atoms with Gasteiger partial charge in [0.25, 0.3) is 0 Å². The molecule has 0 aromatic rings. The second-order valence-corrected chi connectivity index (χ2v) is 3.11. The second kappa shape index (κ2) is 6.37. The Hall–Kier alpha value is -1.10. The van der Waals surface area contributed by atoms with Gasteiger partial charge in [-0.15, -0.1) is 0 Å². The molecule has 1 N–H and O–H groups in total. The molecule has 0 heterocycles. The van der Waals surface area contributed by atoms with Gasteiger partial charge in [-0.25, -0.2) is 0 Å². The molecule has 0 aromatic heterocycles. The van der Waals surface area contributed by atoms with Crippen LogP contribution in [0.5, 0.6) is 0 Å². The van der Waals surface area contributed by atoms with E-state index in [0.717, 1.165) is 0 Å². The molecule has 0 bridgehead atoms. The van der Waals surface area contributed by atoms with Gasteiger partial charge in [0.15, 0.2) is 0 Å². The van der Waals surface area contributed by atoms with Crippen LogP contribution >= 0.6 is 0 Å². The molecule has 5 heteroatoms. The molecule has 0 aliphatic carbocycles. The Kier molecular flexibility index (Phi) is 5.87. The fraction of sp³-hybridized carbons (Fsp3) is 0.778. The lowest BCUT2D eigenvalue weighted by Crippen LogP contribution is -2.34. The van der Waals surface area contributed by atoms with Crippen molar-refractivity contribution < 1.29 is 19.4 Å². The zero-order chi connectivity index (χ0) is 11.1. The number of rotatable bonds is 5. The number of aliphatic hydroxyl groups is 1. The third kappa shape index (κ3) is 5.53. The zero-order valence-electron chi connectivity index (χ0n) is 8.82. The van der Waals surface area contributed by atoms with Crippen LogP contribution in [0.1, 0.15) is 20.3 Å². The second-order valence-electron chi connectivity index (χ2n) is 3.11. The van der Waals surface area contributed by atoms with Gasteiger partial charge >= 0.3 is 5.97 Å². The van der Waals surface area contributed by atoms with Gasteiger partial charge in [-0.05, 0) is 13.8 Å². The molecule has 0 rings (SSSR count). The standard InChI is InChI=1S/C9H17NO4/c1-4-14-9(13)6-10(3)8(12)5-7(2)11/h7,11H,4-6H2,1-3H3. The average Bonchev–Trinajstić information content (AvgIpc) is 2.02. The van der Waals surface area contributed by atoms with Crippen molar-refractivity contribution in [2.75, 3.05) is 20.2 Å². The van der Waals surface area contributed by atoms with E-state index in [0.29, 0.717) is 6.61 Å². The number of hydrogen-bond acceptors (Lipinski definition) is 4. The maximum absolute atomic E-state index is 11.3. The summed E-state index contributed by atoms with van der Waals surface area (Å²) in [7, 11) is 1.50. The molecular weight excluding hydrogens is 186 g/mol. The fourth-order valence-electron chi connectivity index (χ4n) is 0.897. The molecule has 0 spiro atoms. The number of nitrogens with zero attached hydrogens (tertiary/aromatic N) is 1. The number of hydrogen-bond donors (Lipinski definition) is 1. The maximum Gasteiger partial charge on any atom is 0.325 e. The first-order valence-electron chi connectivity index (χ1n) is 4.55. The van der Waals surface area contributed by atoms with Gasteiger partial charge in [0, 0.05) is 7.05 Å². The third-order valence-electron chi connectivity index (χ3n) is 1.57. The lowest BCUT2D eigenvalue weighted by molar-refractivity contribution is -0.148. The Labute approximate surface area is 83.6 Å². The first kappa shape index (κ1) is 12.9. The first-order chi connectivity index (χ1) is 6.47. The molecule has 0 fully saturated rings. The van der Waals surface area contributed by atoms with Crippen molar-refractivity contribution >= 4 is 11.9 Å². The Balaban J connectivity index is 3.88. The molecule has 0 aliphatic rings. The lowest BCUT2D eigenvalue weighted by Gasteiger charge is -2.16. The van der Waals surface area contributed by atoms with Crippen LogP contribution in [0, 0.1) is 0 Å². The highest BCUT2D eigenvalue weighted by Crippen LogP contribution is 1.96. The normalized spacial score (nSPS) is 12.0. The highest BCUT2D eigenvalue weighted by molar-refractivity contribution is 5.82. The van der Waals surface area contributed by atoms with Crippen molar-refractivity contribution in [1.29, 1.82) is 0 Å². The fourth-order valence-corrected chi connectivity index (χ4v) is 0.897. The van der Waals surface area contributed by atoms with E-state index in [1.165, 1.54) is 18.9 Å². The maximum atomic E-state index is 11.3. The van der Waals surface area contributed by atoms with E-state index in [2.05, 4.69) is 4.74 Å². The van der Waals surface area contributed by atoms with E-state index in [4.69, 9.17) is 5.11 Å². The molecule has 5 nitrogen and oxygen atoms in total. The summed E-state index contributed by atoms with van der Waals surface area (Å²) in [5, 5.41) is 8.95. The van der Waals surface area contributed by atoms with Crippen LogP contribution in [0.3, 0.4) is 0 Å². The molecule has 0 aromatic carbocycles. The van der Waals surface area contributed by atoms with Gasteiger partial charge in [-0.3, -0.25) is 9.59 Å². The SMILES string of the molecule is CCOC(=O)CN(C)C(=O)CC(C)O. The quantitative estimate of drug-likeness (QED) is 0.627. The van der Waals surface area contributed by atoms with Crippen molar-refractivity contribution in [3.05, 3.63) is 0 Å². The van der Waals surface area contributed by atoms with E-state index in [1.54, 1.807) is 6.92 Å². The minimum Gasteiger partial charge on any atom is -0.465 e. The minimum atomic E-state index is -0.688. The van der Waals surface area contributed by atoms with Crippen molar-refractivity contribution in [2.45, 2.75) is 26.4 Å². The number of aliphatic hydroxyl groups excluding tert-OH is 1. The van der Waals surface area contributed by atoms with Crippen molar-refractivity contribution in [2.24, 2.45) is 0 Å². The largest absolute Gasteiger partial charge is 0.465 e. The molecule has 0 aliphatic heterocycles. The van der Waals surface area contributed by atoms with E-state index in [9.17, 15) is 9.59 Å². The Morgan fingerprint density at radius 2 is 2.07 bits per heavy atom. The van der Waals surface area contributed by atoms with E-state index < -0.39 is 12.1 Å². The Bertz CT molecular complexity index is 203. The van der Waals surface area contributed by atoms with E-state index in [-0.39, 0.29) is 18.9 Å². The predicted octanol–water partition coefficient (Wildman–Crippen LogP) is -0.221. The van der Waals surface area contributed by atoms with Crippen LogP contribution in [0.2, 0.25) is 0 Å². The predicted molar refractivity (Wildman–Crippen MR) is 50.6 cm³/mol. The molecular formula is C9H17NO4. The van der Waals surface area contributed by atoms with Gasteiger partial charge in [0.1, 0.15) is 6.54 Å². The van der Waals surface area contributed by atoms with Crippen LogP contribution < -0.4 is 0 Å². The molecule has 1 atom stereocenters. The molecule has 1 amide bonds. The topological polar surface area (TPSA) is 66.8 Å². The Morgan fingerprint density at radius 3 is 2.50 bits per heavy atom. The summed E-state index contributed by atoms with van der Waals surface area (Å²) in [6.07, 6.45) is -0.664. The van der Waals surface area contributed by atoms with Gasteiger partial charge in [-0.2, -0.15) is 0 Å². The average molecular weight is 203 g/mol. The van der Waals surface area contributed by atoms with Crippen LogP contribution in [0.15, 0.2) is 0 Å². The Morgan fingerprint density at radius 1 is 1.50 bits per heavy atom. The van der Waals surface area contributed by atoms with Gasteiger partial charge in [0.05, 0.1) is 19.1 Å². The van der Waals surface area contributed by atoms with Gasteiger partial charge < -0.3 is 14.7 Å². The molecule has 0 radical (unpaired) electrons. The number of ether oxygens (including phenoxy) is 1. The minimum absolute atomic E-state index is 0.0237. The number of likely N-dealkylation sites (N-methyl/N-ethyl adjacent to an activating group) is 1. The lowest BCUT2D eigenvalue weighted by atomic mass is 10.2. The first-order valence-corrected chi connectivity index (χ1v) is 4.55. The molecule has 82 valence electrons. The van der Waals surface area contributed by atoms with Gasteiger partial charge in [-0.1, -0.05) is 0 Å². The zero-order valence-corrected chi connectivity index (χ0v) is 8.82. The van der Waals surface area contributed by atoms with Gasteiger partial charge in [0.2, 0.25) is 5.91 Å². The van der Waals surface area contributed by atoms with E-state index in [1.807, 2.05) is 0 Å². The molecule has 0 saturated carbocycles. The summed E-state index contributed by atoms with van der Waals surface area (Å²) in [6.45, 7) is 3.46. The summed E-state index contributed by atoms with van der Waals surface area (Å²) in [4.78, 5) is 23.5. The van der Waals surface area contributed by atoms with Crippen LogP contribution in [0.4, 0.5) is 0 Å². The summed E-state index contributed by atoms with van der Waals surface area (Å²) in [5.74, 6) is -0.706. The number of esters is 1. The summed E-state index contributed by atoms with van der Waals surface area (Å²) < 4.78 is 4.67. The summed E-state index contributed by atoms with van der Waals surface area (Å²) >= 11 is 0. The van der Waals surface area contributed by atoms with Crippen LogP contribution in [0.25, 0.3) is 0 Å². The van der Waals surface area contributed by atoms with Crippen LogP contribution in [-0.2, 0) is 14.3 Å². The molecule has 1 unspecified atom stereocenters. The van der Waals surface area contributed by atoms with Crippen molar-refractivity contribution in [3.63, 3.8) is 0 Å².